The van der Waals surface area contributed by atoms with Gasteiger partial charge in [-0.25, -0.2) is 13.4 Å². The fourth-order valence-electron chi connectivity index (χ4n) is 3.75. The summed E-state index contributed by atoms with van der Waals surface area (Å²) in [7, 11) is -3.64. The minimum Gasteiger partial charge on any atom is -0.296 e. The van der Waals surface area contributed by atoms with Gasteiger partial charge in [-0.05, 0) is 60.5 Å². The zero-order chi connectivity index (χ0) is 22.8. The van der Waals surface area contributed by atoms with Crippen molar-refractivity contribution < 1.29 is 8.42 Å². The van der Waals surface area contributed by atoms with E-state index in [2.05, 4.69) is 27.5 Å². The Morgan fingerprint density at radius 2 is 1.58 bits per heavy atom. The molecule has 2 aromatic heterocycles. The van der Waals surface area contributed by atoms with Crippen LogP contribution in [0.2, 0.25) is 4.34 Å². The van der Waals surface area contributed by atoms with Crippen LogP contribution in [0.5, 0.6) is 0 Å². The minimum atomic E-state index is -3.64. The molecule has 5 nitrogen and oxygen atoms in total. The molecular formula is C25H20ClN3O2S2. The Kier molecular flexibility index (Phi) is 5.93. The van der Waals surface area contributed by atoms with Gasteiger partial charge in [0.15, 0.2) is 0 Å². The molecule has 0 radical (unpaired) electrons. The van der Waals surface area contributed by atoms with E-state index in [1.54, 1.807) is 18.2 Å². The van der Waals surface area contributed by atoms with Crippen molar-refractivity contribution in [3.05, 3.63) is 107 Å². The van der Waals surface area contributed by atoms with Gasteiger partial charge < -0.3 is 0 Å². The van der Waals surface area contributed by atoms with Crippen LogP contribution in [-0.4, -0.2) is 18.0 Å². The summed E-state index contributed by atoms with van der Waals surface area (Å²) in [5.41, 5.74) is 4.75. The number of aryl methyl sites for hydroxylation is 2. The summed E-state index contributed by atoms with van der Waals surface area (Å²) in [4.78, 5) is 4.87. The Balaban J connectivity index is 1.34. The number of nitrogens with one attached hydrogen (secondary N) is 1. The van der Waals surface area contributed by atoms with E-state index in [1.165, 1.54) is 6.07 Å². The van der Waals surface area contributed by atoms with Gasteiger partial charge in [0.25, 0.3) is 10.0 Å². The predicted octanol–water partition coefficient (Wildman–Crippen LogP) is 6.33. The van der Waals surface area contributed by atoms with E-state index in [9.17, 15) is 8.42 Å². The number of thiophene rings is 1. The number of para-hydroxylation sites is 3. The quantitative estimate of drug-likeness (QED) is 0.288. The first-order valence-electron chi connectivity index (χ1n) is 10.4. The Labute approximate surface area is 201 Å². The molecule has 1 N–H and O–H groups in total. The van der Waals surface area contributed by atoms with E-state index < -0.39 is 10.0 Å². The maximum atomic E-state index is 12.5. The normalized spacial score (nSPS) is 11.7. The highest BCUT2D eigenvalue weighted by atomic mass is 35.5. The highest BCUT2D eigenvalue weighted by molar-refractivity contribution is 7.94. The number of hydrogen-bond acceptors (Lipinski definition) is 4. The van der Waals surface area contributed by atoms with Gasteiger partial charge in [0.2, 0.25) is 0 Å². The second-order valence-corrected chi connectivity index (χ2v) is 11.2. The fraction of sp³-hybridized carbons (Fsp3) is 0.0800. The molecule has 8 heteroatoms. The molecule has 5 aromatic rings. The van der Waals surface area contributed by atoms with E-state index in [0.717, 1.165) is 52.3 Å². The Morgan fingerprint density at radius 3 is 2.30 bits per heavy atom. The van der Waals surface area contributed by atoms with Crippen molar-refractivity contribution in [1.82, 2.24) is 9.55 Å². The molecule has 0 atom stereocenters. The van der Waals surface area contributed by atoms with Gasteiger partial charge in [0.1, 0.15) is 10.0 Å². The molecule has 0 saturated carbocycles. The molecule has 33 heavy (non-hydrogen) atoms. The lowest BCUT2D eigenvalue weighted by Crippen LogP contribution is -2.11. The lowest BCUT2D eigenvalue weighted by Gasteiger charge is -2.10. The van der Waals surface area contributed by atoms with Crippen LogP contribution in [-0.2, 0) is 22.9 Å². The molecule has 166 valence electrons. The zero-order valence-electron chi connectivity index (χ0n) is 17.5. The summed E-state index contributed by atoms with van der Waals surface area (Å²) < 4.78 is 30.4. The Morgan fingerprint density at radius 1 is 0.848 bits per heavy atom. The molecular weight excluding hydrogens is 474 g/mol. The summed E-state index contributed by atoms with van der Waals surface area (Å²) in [6.07, 6.45) is 1.53. The van der Waals surface area contributed by atoms with Gasteiger partial charge >= 0.3 is 0 Å². The highest BCUT2D eigenvalue weighted by Crippen LogP contribution is 2.27. The van der Waals surface area contributed by atoms with Gasteiger partial charge in [0.05, 0.1) is 15.4 Å². The molecule has 0 spiro atoms. The zero-order valence-corrected chi connectivity index (χ0v) is 19.9. The number of halogens is 1. The molecule has 0 aliphatic rings. The number of benzene rings is 3. The van der Waals surface area contributed by atoms with Crippen molar-refractivity contribution in [2.24, 2.45) is 0 Å². The molecule has 0 fully saturated rings. The van der Waals surface area contributed by atoms with Gasteiger partial charge in [0, 0.05) is 17.8 Å². The monoisotopic (exact) mass is 493 g/mol. The number of hydrogen-bond donors (Lipinski definition) is 1. The summed E-state index contributed by atoms with van der Waals surface area (Å²) in [6, 6.07) is 28.9. The van der Waals surface area contributed by atoms with Crippen LogP contribution < -0.4 is 4.72 Å². The van der Waals surface area contributed by atoms with E-state index in [-0.39, 0.29) is 4.21 Å². The average molecular weight is 494 g/mol. The largest absolute Gasteiger partial charge is 0.296 e. The van der Waals surface area contributed by atoms with Gasteiger partial charge in [-0.1, -0.05) is 54.1 Å². The number of anilines is 1. The van der Waals surface area contributed by atoms with Crippen molar-refractivity contribution in [3.8, 4) is 5.69 Å². The van der Waals surface area contributed by atoms with Gasteiger partial charge in [-0.15, -0.1) is 11.3 Å². The molecule has 0 saturated heterocycles. The summed E-state index contributed by atoms with van der Waals surface area (Å²) >= 11 is 6.90. The van der Waals surface area contributed by atoms with Gasteiger partial charge in [-0.3, -0.25) is 9.29 Å². The minimum absolute atomic E-state index is 0.191. The van der Waals surface area contributed by atoms with Crippen LogP contribution in [0.4, 0.5) is 5.69 Å². The first-order valence-corrected chi connectivity index (χ1v) is 13.1. The summed E-state index contributed by atoms with van der Waals surface area (Å²) in [5.74, 6) is 0.988. The third-order valence-corrected chi connectivity index (χ3v) is 8.41. The predicted molar refractivity (Wildman–Crippen MR) is 135 cm³/mol. The molecule has 0 unspecified atom stereocenters. The average Bonchev–Trinajstić information content (AvgIpc) is 3.43. The number of sulfonamides is 1. The Hall–Kier alpha value is -3.13. The van der Waals surface area contributed by atoms with E-state index >= 15 is 0 Å². The standard InChI is InChI=1S/C25H20ClN3O2S2/c26-23-15-17-25(32-23)33(30,31)28-19-13-10-18(11-14-19)12-16-24-27-21-8-4-5-9-22(21)29(24)20-6-2-1-3-7-20/h1-11,13-15,17,28H,12,16H2. The number of fused-ring (bicyclic) bond motifs is 1. The third-order valence-electron chi connectivity index (χ3n) is 5.30. The maximum absolute atomic E-state index is 12.5. The first-order chi connectivity index (χ1) is 16.0. The van der Waals surface area contributed by atoms with Crippen LogP contribution in [0, 0.1) is 0 Å². The fourth-order valence-corrected chi connectivity index (χ4v) is 6.29. The van der Waals surface area contributed by atoms with Crippen LogP contribution >= 0.6 is 22.9 Å². The molecule has 0 aliphatic heterocycles. The van der Waals surface area contributed by atoms with E-state index in [0.29, 0.717) is 10.0 Å². The van der Waals surface area contributed by atoms with Crippen LogP contribution in [0.25, 0.3) is 16.7 Å². The number of rotatable bonds is 7. The second-order valence-electron chi connectivity index (χ2n) is 7.55. The van der Waals surface area contributed by atoms with Crippen molar-refractivity contribution in [3.63, 3.8) is 0 Å². The van der Waals surface area contributed by atoms with Crippen LogP contribution in [0.1, 0.15) is 11.4 Å². The smallest absolute Gasteiger partial charge is 0.271 e. The molecule has 0 bridgehead atoms. The lowest BCUT2D eigenvalue weighted by molar-refractivity contribution is 0.603. The first kappa shape index (κ1) is 21.7. The molecule has 5 rings (SSSR count). The number of aromatic nitrogens is 2. The summed E-state index contributed by atoms with van der Waals surface area (Å²) in [6.45, 7) is 0. The maximum Gasteiger partial charge on any atom is 0.271 e. The Bertz CT molecular complexity index is 1510. The molecule has 0 aliphatic carbocycles. The second kappa shape index (κ2) is 9.02. The van der Waals surface area contributed by atoms with E-state index in [1.807, 2.05) is 48.5 Å². The van der Waals surface area contributed by atoms with Gasteiger partial charge in [-0.2, -0.15) is 0 Å². The summed E-state index contributed by atoms with van der Waals surface area (Å²) in [5, 5.41) is 0. The number of imidazole rings is 1. The SMILES string of the molecule is O=S(=O)(Nc1ccc(CCc2nc3ccccc3n2-c2ccccc2)cc1)c1ccc(Cl)s1. The topological polar surface area (TPSA) is 64.0 Å². The van der Waals surface area contributed by atoms with Crippen LogP contribution in [0.15, 0.2) is 95.2 Å². The van der Waals surface area contributed by atoms with Crippen LogP contribution in [0.3, 0.4) is 0 Å². The van der Waals surface area contributed by atoms with Crippen molar-refractivity contribution in [2.45, 2.75) is 17.1 Å². The molecule has 0 amide bonds. The van der Waals surface area contributed by atoms with Crippen molar-refractivity contribution >= 4 is 49.7 Å². The van der Waals surface area contributed by atoms with E-state index in [4.69, 9.17) is 16.6 Å². The highest BCUT2D eigenvalue weighted by Gasteiger charge is 2.17. The number of nitrogens with zero attached hydrogens (tertiary/aromatic N) is 2. The lowest BCUT2D eigenvalue weighted by atomic mass is 10.1. The molecule has 3 aromatic carbocycles. The van der Waals surface area contributed by atoms with Crippen molar-refractivity contribution in [2.75, 3.05) is 4.72 Å². The third kappa shape index (κ3) is 4.66. The van der Waals surface area contributed by atoms with Crippen molar-refractivity contribution in [1.29, 1.82) is 0 Å². The molecule has 2 heterocycles.